The second-order valence-electron chi connectivity index (χ2n) is 6.59. The topological polar surface area (TPSA) is 49.4 Å². The lowest BCUT2D eigenvalue weighted by Gasteiger charge is -2.19. The Kier molecular flexibility index (Phi) is 4.71. The largest absolute Gasteiger partial charge is 0.299 e. The van der Waals surface area contributed by atoms with Gasteiger partial charge in [-0.3, -0.25) is 4.90 Å². The summed E-state index contributed by atoms with van der Waals surface area (Å²) >= 11 is 0. The molecule has 4 nitrogen and oxygen atoms in total. The summed E-state index contributed by atoms with van der Waals surface area (Å²) in [6, 6.07) is 12.9. The number of hydrogen-bond donors (Lipinski definition) is 1. The smallest absolute Gasteiger partial charge is 0.208 e. The molecular weight excluding hydrogens is 308 g/mol. The van der Waals surface area contributed by atoms with Gasteiger partial charge < -0.3 is 0 Å². The van der Waals surface area contributed by atoms with Crippen LogP contribution in [-0.2, 0) is 16.6 Å². The zero-order valence-electron chi connectivity index (χ0n) is 13.7. The van der Waals surface area contributed by atoms with Crippen LogP contribution in [0.4, 0.5) is 0 Å². The molecule has 5 heteroatoms. The predicted octanol–water partition coefficient (Wildman–Crippen LogP) is 2.52. The van der Waals surface area contributed by atoms with Crippen LogP contribution in [0.5, 0.6) is 0 Å². The van der Waals surface area contributed by atoms with Gasteiger partial charge >= 0.3 is 0 Å². The Morgan fingerprint density at radius 1 is 1.22 bits per heavy atom. The highest BCUT2D eigenvalue weighted by atomic mass is 32.2. The van der Waals surface area contributed by atoms with Crippen molar-refractivity contribution in [2.45, 2.75) is 19.9 Å². The fourth-order valence-electron chi connectivity index (χ4n) is 3.37. The molecule has 0 spiro atoms. The van der Waals surface area contributed by atoms with E-state index in [0.29, 0.717) is 12.5 Å². The van der Waals surface area contributed by atoms with E-state index in [4.69, 9.17) is 0 Å². The molecular formula is C18H24N2O2S. The van der Waals surface area contributed by atoms with Gasteiger partial charge in [0.25, 0.3) is 0 Å². The van der Waals surface area contributed by atoms with E-state index in [0.717, 1.165) is 26.1 Å². The maximum Gasteiger partial charge on any atom is 0.208 e. The maximum atomic E-state index is 11.2. The minimum Gasteiger partial charge on any atom is -0.299 e. The number of sulfonamides is 1. The molecule has 1 aliphatic heterocycles. The van der Waals surface area contributed by atoms with E-state index >= 15 is 0 Å². The third kappa shape index (κ3) is 4.10. The Labute approximate surface area is 138 Å². The van der Waals surface area contributed by atoms with E-state index in [9.17, 15) is 8.42 Å². The van der Waals surface area contributed by atoms with Crippen molar-refractivity contribution in [3.05, 3.63) is 47.5 Å². The molecule has 0 saturated carbocycles. The van der Waals surface area contributed by atoms with Crippen LogP contribution in [0.25, 0.3) is 10.8 Å². The fourth-order valence-corrected chi connectivity index (χ4v) is 3.91. The molecule has 0 aromatic heterocycles. The van der Waals surface area contributed by atoms with E-state index in [2.05, 4.69) is 52.9 Å². The number of fused-ring (bicyclic) bond motifs is 1. The van der Waals surface area contributed by atoms with Gasteiger partial charge in [0.2, 0.25) is 10.0 Å². The Morgan fingerprint density at radius 2 is 2.00 bits per heavy atom. The predicted molar refractivity (Wildman–Crippen MR) is 94.9 cm³/mol. The Balaban J connectivity index is 1.70. The number of nitrogens with zero attached hydrogens (tertiary/aromatic N) is 1. The van der Waals surface area contributed by atoms with Crippen LogP contribution in [0.2, 0.25) is 0 Å². The first-order chi connectivity index (χ1) is 10.9. The van der Waals surface area contributed by atoms with Crippen LogP contribution in [0.15, 0.2) is 36.4 Å². The Hall–Kier alpha value is -1.43. The summed E-state index contributed by atoms with van der Waals surface area (Å²) in [5, 5.41) is 2.60. The molecule has 2 aromatic rings. The van der Waals surface area contributed by atoms with Crippen LogP contribution in [0, 0.1) is 12.8 Å². The van der Waals surface area contributed by atoms with Gasteiger partial charge in [-0.25, -0.2) is 13.1 Å². The lowest BCUT2D eigenvalue weighted by molar-refractivity contribution is 0.317. The van der Waals surface area contributed by atoms with Crippen LogP contribution in [-0.4, -0.2) is 39.2 Å². The van der Waals surface area contributed by atoms with Gasteiger partial charge in [0.15, 0.2) is 0 Å². The van der Waals surface area contributed by atoms with Crippen molar-refractivity contribution < 1.29 is 8.42 Å². The van der Waals surface area contributed by atoms with Crippen molar-refractivity contribution in [2.24, 2.45) is 5.92 Å². The standard InChI is InChI=1S/C18H24N2O2S/c1-14-7-8-16-5-3-4-6-17(16)18(14)13-20-10-9-15(12-20)11-19-23(2,21)22/h3-8,15,19H,9-13H2,1-2H3/t15-/m0/s1. The molecule has 0 bridgehead atoms. The van der Waals surface area contributed by atoms with Crippen molar-refractivity contribution in [1.82, 2.24) is 9.62 Å². The first-order valence-electron chi connectivity index (χ1n) is 8.06. The van der Waals surface area contributed by atoms with Gasteiger partial charge in [-0.2, -0.15) is 0 Å². The highest BCUT2D eigenvalue weighted by Crippen LogP contribution is 2.26. The lowest BCUT2D eigenvalue weighted by Crippen LogP contribution is -2.30. The molecule has 0 unspecified atom stereocenters. The molecule has 1 atom stereocenters. The summed E-state index contributed by atoms with van der Waals surface area (Å²) in [4.78, 5) is 2.43. The van der Waals surface area contributed by atoms with E-state index in [1.54, 1.807) is 0 Å². The normalized spacial score (nSPS) is 19.5. The second-order valence-corrected chi connectivity index (χ2v) is 8.43. The number of nitrogens with one attached hydrogen (secondary N) is 1. The molecule has 23 heavy (non-hydrogen) atoms. The van der Waals surface area contributed by atoms with Gasteiger partial charge in [0.05, 0.1) is 6.26 Å². The van der Waals surface area contributed by atoms with Crippen LogP contribution in [0.1, 0.15) is 17.5 Å². The molecule has 0 amide bonds. The van der Waals surface area contributed by atoms with E-state index in [1.807, 2.05) is 0 Å². The second kappa shape index (κ2) is 6.59. The molecule has 1 heterocycles. The zero-order valence-corrected chi connectivity index (χ0v) is 14.6. The molecule has 1 saturated heterocycles. The highest BCUT2D eigenvalue weighted by Gasteiger charge is 2.24. The Bertz CT molecular complexity index is 802. The molecule has 1 aliphatic rings. The van der Waals surface area contributed by atoms with E-state index in [-0.39, 0.29) is 0 Å². The molecule has 3 rings (SSSR count). The summed E-state index contributed by atoms with van der Waals surface area (Å²) in [6.45, 7) is 5.62. The molecule has 1 fully saturated rings. The molecule has 124 valence electrons. The van der Waals surface area contributed by atoms with Crippen molar-refractivity contribution in [2.75, 3.05) is 25.9 Å². The van der Waals surface area contributed by atoms with Crippen molar-refractivity contribution in [3.8, 4) is 0 Å². The highest BCUT2D eigenvalue weighted by molar-refractivity contribution is 7.88. The minimum absolute atomic E-state index is 0.403. The molecule has 2 aromatic carbocycles. The number of aryl methyl sites for hydroxylation is 1. The summed E-state index contributed by atoms with van der Waals surface area (Å²) in [6.07, 6.45) is 2.27. The van der Waals surface area contributed by atoms with E-state index in [1.165, 1.54) is 28.2 Å². The van der Waals surface area contributed by atoms with Gasteiger partial charge in [0.1, 0.15) is 0 Å². The number of likely N-dealkylation sites (tertiary alicyclic amines) is 1. The number of benzene rings is 2. The maximum absolute atomic E-state index is 11.2. The molecule has 0 radical (unpaired) electrons. The van der Waals surface area contributed by atoms with Gasteiger partial charge in [-0.05, 0) is 47.7 Å². The summed E-state index contributed by atoms with van der Waals surface area (Å²) in [7, 11) is -3.09. The minimum atomic E-state index is -3.09. The van der Waals surface area contributed by atoms with Gasteiger partial charge in [-0.15, -0.1) is 0 Å². The lowest BCUT2D eigenvalue weighted by atomic mass is 9.99. The van der Waals surface area contributed by atoms with Crippen molar-refractivity contribution in [3.63, 3.8) is 0 Å². The van der Waals surface area contributed by atoms with Crippen LogP contribution >= 0.6 is 0 Å². The first kappa shape index (κ1) is 16.4. The van der Waals surface area contributed by atoms with Crippen molar-refractivity contribution >= 4 is 20.8 Å². The third-order valence-corrected chi connectivity index (χ3v) is 5.35. The van der Waals surface area contributed by atoms with E-state index < -0.39 is 10.0 Å². The first-order valence-corrected chi connectivity index (χ1v) is 9.96. The molecule has 1 N–H and O–H groups in total. The number of hydrogen-bond acceptors (Lipinski definition) is 3. The third-order valence-electron chi connectivity index (χ3n) is 4.66. The fraction of sp³-hybridized carbons (Fsp3) is 0.444. The molecule has 0 aliphatic carbocycles. The van der Waals surface area contributed by atoms with Gasteiger partial charge in [0, 0.05) is 19.6 Å². The Morgan fingerprint density at radius 3 is 2.78 bits per heavy atom. The van der Waals surface area contributed by atoms with Crippen LogP contribution in [0.3, 0.4) is 0 Å². The average molecular weight is 332 g/mol. The summed E-state index contributed by atoms with van der Waals surface area (Å²) in [5.41, 5.74) is 2.71. The zero-order chi connectivity index (χ0) is 16.4. The quantitative estimate of drug-likeness (QED) is 0.915. The summed E-state index contributed by atoms with van der Waals surface area (Å²) < 4.78 is 25.1. The summed E-state index contributed by atoms with van der Waals surface area (Å²) in [5.74, 6) is 0.403. The SMILES string of the molecule is Cc1ccc2ccccc2c1CN1CC[C@@H](CNS(C)(=O)=O)C1. The van der Waals surface area contributed by atoms with Crippen LogP contribution < -0.4 is 4.72 Å². The van der Waals surface area contributed by atoms with Gasteiger partial charge in [-0.1, -0.05) is 36.4 Å². The average Bonchev–Trinajstić information content (AvgIpc) is 2.95. The number of rotatable bonds is 5. The monoisotopic (exact) mass is 332 g/mol. The van der Waals surface area contributed by atoms with Crippen molar-refractivity contribution in [1.29, 1.82) is 0 Å².